The summed E-state index contributed by atoms with van der Waals surface area (Å²) in [5.41, 5.74) is 2.25. The molecule has 2 rings (SSSR count). The van der Waals surface area contributed by atoms with Gasteiger partial charge in [0.15, 0.2) is 0 Å². The van der Waals surface area contributed by atoms with Gasteiger partial charge in [-0.1, -0.05) is 0 Å². The minimum Gasteiger partial charge on any atom is -0.392 e. The summed E-state index contributed by atoms with van der Waals surface area (Å²) in [6, 6.07) is 4.41. The number of aliphatic hydroxyl groups excluding tert-OH is 1. The highest BCUT2D eigenvalue weighted by Crippen LogP contribution is 2.31. The second-order valence-corrected chi connectivity index (χ2v) is 4.45. The van der Waals surface area contributed by atoms with Gasteiger partial charge < -0.3 is 5.11 Å². The highest BCUT2D eigenvalue weighted by atomic mass is 79.9. The van der Waals surface area contributed by atoms with Crippen molar-refractivity contribution in [2.45, 2.75) is 6.61 Å². The molecule has 0 aliphatic rings. The molecule has 0 radical (unpaired) electrons. The average Bonchev–Trinajstić information content (AvgIpc) is 2.65. The monoisotopic (exact) mass is 287 g/mol. The molecular formula is C10H7BrFNOS. The Balaban J connectivity index is 2.54. The molecule has 0 fully saturated rings. The van der Waals surface area contributed by atoms with Crippen molar-refractivity contribution >= 4 is 27.5 Å². The third kappa shape index (κ3) is 2.09. The predicted molar refractivity (Wildman–Crippen MR) is 61.1 cm³/mol. The summed E-state index contributed by atoms with van der Waals surface area (Å²) in [7, 11) is 0. The first-order chi connectivity index (χ1) is 7.22. The Bertz CT molecular complexity index is 486. The molecule has 0 bridgehead atoms. The van der Waals surface area contributed by atoms with Crippen LogP contribution in [0.1, 0.15) is 5.56 Å². The van der Waals surface area contributed by atoms with E-state index in [4.69, 9.17) is 5.11 Å². The minimum absolute atomic E-state index is 0.0599. The molecule has 15 heavy (non-hydrogen) atoms. The van der Waals surface area contributed by atoms with E-state index in [1.54, 1.807) is 11.4 Å². The van der Waals surface area contributed by atoms with Crippen LogP contribution in [0.25, 0.3) is 11.3 Å². The Morgan fingerprint density at radius 1 is 1.47 bits per heavy atom. The lowest BCUT2D eigenvalue weighted by molar-refractivity contribution is 0.282. The molecule has 0 amide bonds. The third-order valence-corrected chi connectivity index (χ3v) is 3.33. The molecule has 0 saturated carbocycles. The van der Waals surface area contributed by atoms with Gasteiger partial charge in [0, 0.05) is 21.0 Å². The van der Waals surface area contributed by atoms with Crippen molar-refractivity contribution < 1.29 is 9.50 Å². The number of aromatic nitrogens is 1. The Morgan fingerprint density at radius 3 is 2.93 bits per heavy atom. The molecule has 0 spiro atoms. The van der Waals surface area contributed by atoms with E-state index >= 15 is 0 Å². The molecule has 1 N–H and O–H groups in total. The summed E-state index contributed by atoms with van der Waals surface area (Å²) in [5.74, 6) is -0.300. The molecule has 1 aromatic heterocycles. The average molecular weight is 288 g/mol. The van der Waals surface area contributed by atoms with Crippen molar-refractivity contribution in [3.63, 3.8) is 0 Å². The molecule has 2 aromatic rings. The van der Waals surface area contributed by atoms with Crippen LogP contribution in [0.3, 0.4) is 0 Å². The summed E-state index contributed by atoms with van der Waals surface area (Å²) in [4.78, 5) is 0. The SMILES string of the molecule is OCc1csnc1-c1ccc(F)cc1Br. The fourth-order valence-corrected chi connectivity index (χ4v) is 2.50. The van der Waals surface area contributed by atoms with E-state index in [2.05, 4.69) is 20.3 Å². The van der Waals surface area contributed by atoms with Gasteiger partial charge in [0.05, 0.1) is 12.3 Å². The van der Waals surface area contributed by atoms with E-state index in [0.29, 0.717) is 10.2 Å². The summed E-state index contributed by atoms with van der Waals surface area (Å²) >= 11 is 4.55. The van der Waals surface area contributed by atoms with Crippen LogP contribution >= 0.6 is 27.5 Å². The fraction of sp³-hybridized carbons (Fsp3) is 0.100. The van der Waals surface area contributed by atoms with Crippen LogP contribution in [0.4, 0.5) is 4.39 Å². The van der Waals surface area contributed by atoms with Crippen LogP contribution in [0, 0.1) is 5.82 Å². The number of rotatable bonds is 2. The van der Waals surface area contributed by atoms with E-state index in [1.807, 2.05) is 0 Å². The van der Waals surface area contributed by atoms with Gasteiger partial charge >= 0.3 is 0 Å². The summed E-state index contributed by atoms with van der Waals surface area (Å²) in [6.07, 6.45) is 0. The molecule has 2 nitrogen and oxygen atoms in total. The fourth-order valence-electron chi connectivity index (χ4n) is 1.27. The van der Waals surface area contributed by atoms with Gasteiger partial charge in [-0.2, -0.15) is 4.37 Å². The van der Waals surface area contributed by atoms with Crippen molar-refractivity contribution in [1.82, 2.24) is 4.37 Å². The van der Waals surface area contributed by atoms with E-state index in [0.717, 1.165) is 11.1 Å². The molecule has 1 heterocycles. The standard InChI is InChI=1S/C10H7BrFNOS/c11-9-3-7(12)1-2-8(9)10-6(4-14)5-15-13-10/h1-3,5,14H,4H2. The lowest BCUT2D eigenvalue weighted by atomic mass is 10.1. The summed E-state index contributed by atoms with van der Waals surface area (Å²) in [5, 5.41) is 10.9. The lowest BCUT2D eigenvalue weighted by Gasteiger charge is -2.03. The second-order valence-electron chi connectivity index (χ2n) is 2.97. The van der Waals surface area contributed by atoms with Crippen molar-refractivity contribution in [3.8, 4) is 11.3 Å². The molecule has 0 aliphatic carbocycles. The van der Waals surface area contributed by atoms with Gasteiger partial charge in [0.2, 0.25) is 0 Å². The number of nitrogens with zero attached hydrogens (tertiary/aromatic N) is 1. The van der Waals surface area contributed by atoms with Crippen molar-refractivity contribution in [3.05, 3.63) is 39.4 Å². The van der Waals surface area contributed by atoms with E-state index < -0.39 is 0 Å². The number of benzene rings is 1. The smallest absolute Gasteiger partial charge is 0.124 e. The number of hydrogen-bond acceptors (Lipinski definition) is 3. The van der Waals surface area contributed by atoms with Crippen molar-refractivity contribution in [1.29, 1.82) is 0 Å². The molecule has 5 heteroatoms. The summed E-state index contributed by atoms with van der Waals surface area (Å²) < 4.78 is 17.7. The maximum absolute atomic E-state index is 12.9. The number of halogens is 2. The van der Waals surface area contributed by atoms with E-state index in [9.17, 15) is 4.39 Å². The first-order valence-corrected chi connectivity index (χ1v) is 5.85. The number of hydrogen-bond donors (Lipinski definition) is 1. The van der Waals surface area contributed by atoms with Crippen LogP contribution in [-0.4, -0.2) is 9.48 Å². The van der Waals surface area contributed by atoms with Crippen LogP contribution < -0.4 is 0 Å². The summed E-state index contributed by atoms with van der Waals surface area (Å²) in [6.45, 7) is -0.0599. The lowest BCUT2D eigenvalue weighted by Crippen LogP contribution is -1.88. The number of aliphatic hydroxyl groups is 1. The Labute approximate surface area is 98.7 Å². The minimum atomic E-state index is -0.300. The van der Waals surface area contributed by atoms with Crippen LogP contribution in [0.15, 0.2) is 28.1 Å². The van der Waals surface area contributed by atoms with Crippen LogP contribution in [0.2, 0.25) is 0 Å². The first kappa shape index (κ1) is 10.7. The second kappa shape index (κ2) is 4.38. The van der Waals surface area contributed by atoms with Crippen LogP contribution in [0.5, 0.6) is 0 Å². The molecule has 0 atom stereocenters. The van der Waals surface area contributed by atoms with Gasteiger partial charge in [0.1, 0.15) is 5.82 Å². The van der Waals surface area contributed by atoms with Gasteiger partial charge in [-0.25, -0.2) is 4.39 Å². The molecular weight excluding hydrogens is 281 g/mol. The van der Waals surface area contributed by atoms with Gasteiger partial charge in [-0.15, -0.1) is 0 Å². The van der Waals surface area contributed by atoms with Crippen molar-refractivity contribution in [2.75, 3.05) is 0 Å². The zero-order chi connectivity index (χ0) is 10.8. The normalized spacial score (nSPS) is 10.6. The third-order valence-electron chi connectivity index (χ3n) is 2.00. The van der Waals surface area contributed by atoms with E-state index in [1.165, 1.54) is 23.7 Å². The quantitative estimate of drug-likeness (QED) is 0.920. The first-order valence-electron chi connectivity index (χ1n) is 4.22. The Hall–Kier alpha value is -0.780. The molecule has 0 unspecified atom stereocenters. The highest BCUT2D eigenvalue weighted by Gasteiger charge is 2.11. The maximum Gasteiger partial charge on any atom is 0.124 e. The highest BCUT2D eigenvalue weighted by molar-refractivity contribution is 9.10. The predicted octanol–water partition coefficient (Wildman–Crippen LogP) is 3.20. The molecule has 1 aromatic carbocycles. The van der Waals surface area contributed by atoms with E-state index in [-0.39, 0.29) is 12.4 Å². The molecule has 0 aliphatic heterocycles. The zero-order valence-electron chi connectivity index (χ0n) is 7.58. The van der Waals surface area contributed by atoms with Crippen molar-refractivity contribution in [2.24, 2.45) is 0 Å². The topological polar surface area (TPSA) is 33.1 Å². The van der Waals surface area contributed by atoms with Gasteiger partial charge in [-0.05, 0) is 45.7 Å². The molecule has 78 valence electrons. The Kier molecular flexibility index (Phi) is 3.14. The zero-order valence-corrected chi connectivity index (χ0v) is 9.98. The van der Waals surface area contributed by atoms with Crippen LogP contribution in [-0.2, 0) is 6.61 Å². The maximum atomic E-state index is 12.9. The van der Waals surface area contributed by atoms with Gasteiger partial charge in [-0.3, -0.25) is 0 Å². The largest absolute Gasteiger partial charge is 0.392 e. The molecule has 0 saturated heterocycles. The van der Waals surface area contributed by atoms with Gasteiger partial charge in [0.25, 0.3) is 0 Å². The Morgan fingerprint density at radius 2 is 2.27 bits per heavy atom.